The molecule has 4 heteroatoms. The number of nitrogen functional groups attached to an aromatic ring is 1. The van der Waals surface area contributed by atoms with Gasteiger partial charge in [0.2, 0.25) is 0 Å². The number of anilines is 1. The number of thiazole rings is 1. The number of nitrogens with two attached hydrogens (primary N) is 1. The molecule has 0 radical (unpaired) electrons. The summed E-state index contributed by atoms with van der Waals surface area (Å²) in [5, 5.41) is 9.99. The van der Waals surface area contributed by atoms with Gasteiger partial charge in [-0.25, -0.2) is 4.98 Å². The lowest BCUT2D eigenvalue weighted by Crippen LogP contribution is -1.88. The maximum absolute atomic E-state index is 9.06. The fourth-order valence-corrected chi connectivity index (χ4v) is 5.51. The number of hydrogen-bond donors (Lipinski definition) is 1. The molecule has 0 fully saturated rings. The van der Waals surface area contributed by atoms with Gasteiger partial charge in [-0.15, -0.1) is 11.3 Å². The summed E-state index contributed by atoms with van der Waals surface area (Å²) in [7, 11) is 0. The van der Waals surface area contributed by atoms with E-state index in [2.05, 4.69) is 66.7 Å². The minimum absolute atomic E-state index is 0.665. The lowest BCUT2D eigenvalue weighted by molar-refractivity contribution is 1.47. The van der Waals surface area contributed by atoms with Crippen molar-refractivity contribution in [2.75, 3.05) is 5.73 Å². The van der Waals surface area contributed by atoms with Crippen LogP contribution < -0.4 is 5.73 Å². The summed E-state index contributed by atoms with van der Waals surface area (Å²) in [6.07, 6.45) is 0. The van der Waals surface area contributed by atoms with Crippen LogP contribution in [-0.4, -0.2) is 4.98 Å². The lowest BCUT2D eigenvalue weighted by atomic mass is 9.96. The number of nitrogens with zero attached hydrogens (tertiary/aromatic N) is 2. The molecule has 1 aromatic heterocycles. The smallest absolute Gasteiger partial charge is 0.126 e. The van der Waals surface area contributed by atoms with E-state index in [-0.39, 0.29) is 0 Å². The zero-order valence-corrected chi connectivity index (χ0v) is 20.2. The maximum Gasteiger partial charge on any atom is 0.126 e. The number of benzene rings is 5. The van der Waals surface area contributed by atoms with Gasteiger partial charge in [0, 0.05) is 16.8 Å². The monoisotopic (exact) mass is 479 g/mol. The summed E-state index contributed by atoms with van der Waals surface area (Å²) in [6, 6.07) is 41.2. The molecule has 0 atom stereocenters. The van der Waals surface area contributed by atoms with Gasteiger partial charge in [0.15, 0.2) is 0 Å². The van der Waals surface area contributed by atoms with Gasteiger partial charge >= 0.3 is 0 Å². The third-order valence-electron chi connectivity index (χ3n) is 6.34. The topological polar surface area (TPSA) is 62.7 Å². The maximum atomic E-state index is 9.06. The SMILES string of the molecule is N#Cc1ccc(-c2ccc(-c3cc(-c4ccccc4)c4nc(-c5ccccc5N)sc4c3)cc2)cc1. The average Bonchev–Trinajstić information content (AvgIpc) is 3.37. The molecule has 0 aliphatic carbocycles. The van der Waals surface area contributed by atoms with Crippen molar-refractivity contribution in [3.05, 3.63) is 121 Å². The van der Waals surface area contributed by atoms with Crippen molar-refractivity contribution >= 4 is 27.2 Å². The van der Waals surface area contributed by atoms with Crippen molar-refractivity contribution in [1.29, 1.82) is 5.26 Å². The molecule has 0 saturated carbocycles. The first-order valence-electron chi connectivity index (χ1n) is 11.7. The molecular weight excluding hydrogens is 458 g/mol. The second-order valence-corrected chi connectivity index (χ2v) is 9.64. The molecule has 6 rings (SSSR count). The van der Waals surface area contributed by atoms with Gasteiger partial charge in [-0.3, -0.25) is 0 Å². The van der Waals surface area contributed by atoms with Gasteiger partial charge in [0.05, 0.1) is 21.8 Å². The van der Waals surface area contributed by atoms with E-state index >= 15 is 0 Å². The van der Waals surface area contributed by atoms with Gasteiger partial charge in [0.25, 0.3) is 0 Å². The number of rotatable bonds is 4. The van der Waals surface area contributed by atoms with Crippen LogP contribution in [0.2, 0.25) is 0 Å². The highest BCUT2D eigenvalue weighted by atomic mass is 32.1. The number of nitriles is 1. The van der Waals surface area contributed by atoms with Gasteiger partial charge in [-0.1, -0.05) is 78.9 Å². The molecule has 2 N–H and O–H groups in total. The minimum atomic E-state index is 0.665. The Morgan fingerprint density at radius 1 is 0.611 bits per heavy atom. The molecule has 0 amide bonds. The summed E-state index contributed by atoms with van der Waals surface area (Å²) < 4.78 is 1.13. The number of hydrogen-bond acceptors (Lipinski definition) is 4. The van der Waals surface area contributed by atoms with Crippen molar-refractivity contribution in [2.45, 2.75) is 0 Å². The number of fused-ring (bicyclic) bond motifs is 1. The summed E-state index contributed by atoms with van der Waals surface area (Å²) in [5.41, 5.74) is 16.4. The average molecular weight is 480 g/mol. The van der Waals surface area contributed by atoms with Crippen molar-refractivity contribution in [3.8, 4) is 50.0 Å². The Balaban J connectivity index is 1.47. The first-order chi connectivity index (χ1) is 17.7. The highest BCUT2D eigenvalue weighted by Gasteiger charge is 2.15. The molecule has 0 unspecified atom stereocenters. The van der Waals surface area contributed by atoms with Crippen LogP contribution in [-0.2, 0) is 0 Å². The van der Waals surface area contributed by atoms with Crippen LogP contribution in [0.25, 0.3) is 54.2 Å². The van der Waals surface area contributed by atoms with E-state index in [1.54, 1.807) is 11.3 Å². The predicted molar refractivity (Wildman–Crippen MR) is 150 cm³/mol. The van der Waals surface area contributed by atoms with Crippen LogP contribution >= 0.6 is 11.3 Å². The molecule has 3 nitrogen and oxygen atoms in total. The Morgan fingerprint density at radius 2 is 1.22 bits per heavy atom. The molecule has 170 valence electrons. The van der Waals surface area contributed by atoms with E-state index in [0.29, 0.717) is 5.56 Å². The van der Waals surface area contributed by atoms with E-state index < -0.39 is 0 Å². The zero-order valence-electron chi connectivity index (χ0n) is 19.3. The van der Waals surface area contributed by atoms with Gasteiger partial charge < -0.3 is 5.73 Å². The first kappa shape index (κ1) is 21.8. The molecule has 0 saturated heterocycles. The highest BCUT2D eigenvalue weighted by Crippen LogP contribution is 2.40. The summed E-state index contributed by atoms with van der Waals surface area (Å²) in [6.45, 7) is 0. The molecule has 0 aliphatic rings. The van der Waals surface area contributed by atoms with Crippen LogP contribution in [0.5, 0.6) is 0 Å². The number of aromatic nitrogens is 1. The van der Waals surface area contributed by atoms with Crippen molar-refractivity contribution in [2.24, 2.45) is 0 Å². The molecule has 0 aliphatic heterocycles. The summed E-state index contributed by atoms with van der Waals surface area (Å²) >= 11 is 1.67. The van der Waals surface area contributed by atoms with Crippen LogP contribution in [0, 0.1) is 11.3 Å². The van der Waals surface area contributed by atoms with E-state index in [1.165, 1.54) is 0 Å². The Labute approximate surface area is 213 Å². The van der Waals surface area contributed by atoms with Crippen LogP contribution in [0.3, 0.4) is 0 Å². The Hall–Kier alpha value is -4.72. The molecule has 1 heterocycles. The molecule has 36 heavy (non-hydrogen) atoms. The fraction of sp³-hybridized carbons (Fsp3) is 0. The van der Waals surface area contributed by atoms with E-state index in [0.717, 1.165) is 59.9 Å². The third-order valence-corrected chi connectivity index (χ3v) is 7.37. The standard InChI is InChI=1S/C32H21N3S/c33-20-21-10-12-22(13-11-21)23-14-16-24(17-15-23)26-18-28(25-6-2-1-3-7-25)31-30(19-26)36-32(35-31)27-8-4-5-9-29(27)34/h1-19H,34H2. The van der Waals surface area contributed by atoms with Crippen LogP contribution in [0.1, 0.15) is 5.56 Å². The predicted octanol–water partition coefficient (Wildman–Crippen LogP) is 8.42. The Kier molecular flexibility index (Phi) is 5.53. The number of para-hydroxylation sites is 1. The third kappa shape index (κ3) is 4.02. The van der Waals surface area contributed by atoms with Crippen LogP contribution in [0.4, 0.5) is 5.69 Å². The van der Waals surface area contributed by atoms with E-state index in [4.69, 9.17) is 16.0 Å². The van der Waals surface area contributed by atoms with Crippen molar-refractivity contribution in [1.82, 2.24) is 4.98 Å². The largest absolute Gasteiger partial charge is 0.398 e. The van der Waals surface area contributed by atoms with Crippen LogP contribution in [0.15, 0.2) is 115 Å². The van der Waals surface area contributed by atoms with E-state index in [1.807, 2.05) is 54.6 Å². The quantitative estimate of drug-likeness (QED) is 0.258. The lowest BCUT2D eigenvalue weighted by Gasteiger charge is -2.09. The van der Waals surface area contributed by atoms with Gasteiger partial charge in [-0.05, 0) is 64.2 Å². The summed E-state index contributed by atoms with van der Waals surface area (Å²) in [5.74, 6) is 0. The second-order valence-electron chi connectivity index (χ2n) is 8.61. The van der Waals surface area contributed by atoms with Gasteiger partial charge in [-0.2, -0.15) is 5.26 Å². The fourth-order valence-electron chi connectivity index (χ4n) is 4.43. The second kappa shape index (κ2) is 9.14. The highest BCUT2D eigenvalue weighted by molar-refractivity contribution is 7.21. The van der Waals surface area contributed by atoms with Crippen molar-refractivity contribution in [3.63, 3.8) is 0 Å². The summed E-state index contributed by atoms with van der Waals surface area (Å²) in [4.78, 5) is 5.04. The molecule has 5 aromatic carbocycles. The molecule has 0 spiro atoms. The van der Waals surface area contributed by atoms with Crippen molar-refractivity contribution < 1.29 is 0 Å². The Bertz CT molecular complexity index is 1730. The zero-order chi connectivity index (χ0) is 24.5. The molecule has 0 bridgehead atoms. The molecule has 6 aromatic rings. The molecular formula is C32H21N3S. The first-order valence-corrected chi connectivity index (χ1v) is 12.5. The minimum Gasteiger partial charge on any atom is -0.398 e. The van der Waals surface area contributed by atoms with Gasteiger partial charge in [0.1, 0.15) is 5.01 Å². The van der Waals surface area contributed by atoms with E-state index in [9.17, 15) is 0 Å². The normalized spacial score (nSPS) is 10.9. The Morgan fingerprint density at radius 3 is 1.89 bits per heavy atom.